The maximum absolute atomic E-state index is 9.69. The summed E-state index contributed by atoms with van der Waals surface area (Å²) in [4.78, 5) is 0. The summed E-state index contributed by atoms with van der Waals surface area (Å²) < 4.78 is 5.43. The third-order valence-corrected chi connectivity index (χ3v) is 3.30. The molecule has 1 saturated carbocycles. The Kier molecular flexibility index (Phi) is 3.24. The zero-order chi connectivity index (χ0) is 9.97. The zero-order valence-corrected chi connectivity index (χ0v) is 8.86. The Labute approximate surface area is 86.0 Å². The molecular weight excluding hydrogens is 176 g/mol. The normalized spacial score (nSPS) is 40.4. The van der Waals surface area contributed by atoms with Crippen molar-refractivity contribution >= 4 is 0 Å². The lowest BCUT2D eigenvalue weighted by molar-refractivity contribution is 0.0708. The molecule has 1 aliphatic carbocycles. The van der Waals surface area contributed by atoms with Gasteiger partial charge in [0.05, 0.1) is 18.3 Å². The molecule has 14 heavy (non-hydrogen) atoms. The van der Waals surface area contributed by atoms with Gasteiger partial charge in [0, 0.05) is 12.3 Å². The van der Waals surface area contributed by atoms with Crippen LogP contribution >= 0.6 is 0 Å². The van der Waals surface area contributed by atoms with Crippen molar-refractivity contribution in [2.45, 2.75) is 57.3 Å². The molecule has 1 heterocycles. The van der Waals surface area contributed by atoms with E-state index < -0.39 is 0 Å². The van der Waals surface area contributed by atoms with E-state index in [0.717, 1.165) is 19.3 Å². The Morgan fingerprint density at radius 2 is 2.14 bits per heavy atom. The number of unbranched alkanes of at least 4 members (excludes halogenated alkanes) is 1. The van der Waals surface area contributed by atoms with Crippen LogP contribution in [-0.4, -0.2) is 23.4 Å². The number of ether oxygens (including phenoxy) is 1. The first-order chi connectivity index (χ1) is 6.83. The Morgan fingerprint density at radius 3 is 2.79 bits per heavy atom. The van der Waals surface area contributed by atoms with Crippen LogP contribution < -0.4 is 0 Å². The highest BCUT2D eigenvalue weighted by atomic mass is 16.6. The van der Waals surface area contributed by atoms with Crippen molar-refractivity contribution in [3.8, 4) is 0 Å². The zero-order valence-electron chi connectivity index (χ0n) is 8.86. The highest BCUT2D eigenvalue weighted by Crippen LogP contribution is 2.45. The predicted octanol–water partition coefficient (Wildman–Crippen LogP) is 2.27. The number of aliphatic hydroxyl groups is 1. The first-order valence-corrected chi connectivity index (χ1v) is 5.81. The average molecular weight is 196 g/mol. The molecule has 0 unspecified atom stereocenters. The van der Waals surface area contributed by atoms with Gasteiger partial charge in [0.1, 0.15) is 0 Å². The fourth-order valence-corrected chi connectivity index (χ4v) is 2.40. The molecule has 1 aliphatic heterocycles. The van der Waals surface area contributed by atoms with Crippen molar-refractivity contribution < 1.29 is 9.84 Å². The molecule has 2 aliphatic rings. The number of epoxide rings is 1. The fraction of sp³-hybridized carbons (Fsp3) is 0.833. The molecule has 0 bridgehead atoms. The Morgan fingerprint density at radius 1 is 1.36 bits per heavy atom. The molecule has 0 spiro atoms. The number of hydrogen-bond donors (Lipinski definition) is 1. The minimum absolute atomic E-state index is 0.0988. The van der Waals surface area contributed by atoms with E-state index in [1.54, 1.807) is 0 Å². The number of rotatable bonds is 5. The van der Waals surface area contributed by atoms with Gasteiger partial charge in [-0.25, -0.2) is 0 Å². The lowest BCUT2D eigenvalue weighted by Gasteiger charge is -2.15. The van der Waals surface area contributed by atoms with Crippen LogP contribution in [0, 0.1) is 5.92 Å². The Balaban J connectivity index is 1.65. The van der Waals surface area contributed by atoms with E-state index in [2.05, 4.69) is 19.1 Å². The van der Waals surface area contributed by atoms with E-state index in [-0.39, 0.29) is 6.10 Å². The fourth-order valence-electron chi connectivity index (χ4n) is 2.40. The molecule has 0 aromatic carbocycles. The minimum atomic E-state index is -0.0988. The molecule has 80 valence electrons. The maximum Gasteiger partial charge on any atom is 0.0895 e. The van der Waals surface area contributed by atoms with Crippen LogP contribution in [0.5, 0.6) is 0 Å². The monoisotopic (exact) mass is 196 g/mol. The predicted molar refractivity (Wildman–Crippen MR) is 56.1 cm³/mol. The van der Waals surface area contributed by atoms with Crippen LogP contribution in [0.15, 0.2) is 12.2 Å². The highest BCUT2D eigenvalue weighted by Gasteiger charge is 2.54. The van der Waals surface area contributed by atoms with Gasteiger partial charge in [0.15, 0.2) is 0 Å². The first-order valence-electron chi connectivity index (χ1n) is 5.81. The average Bonchev–Trinajstić information content (AvgIpc) is 2.84. The number of allylic oxidation sites excluding steroid dienone is 2. The van der Waals surface area contributed by atoms with Crippen LogP contribution in [0.25, 0.3) is 0 Å². The second-order valence-electron chi connectivity index (χ2n) is 4.44. The van der Waals surface area contributed by atoms with Crippen LogP contribution in [0.1, 0.15) is 39.0 Å². The van der Waals surface area contributed by atoms with Gasteiger partial charge >= 0.3 is 0 Å². The minimum Gasteiger partial charge on any atom is -0.393 e. The summed E-state index contributed by atoms with van der Waals surface area (Å²) in [6, 6.07) is 0. The molecule has 0 radical (unpaired) electrons. The Bertz CT molecular complexity index is 210. The third kappa shape index (κ3) is 2.18. The number of aliphatic hydroxyl groups excluding tert-OH is 1. The van der Waals surface area contributed by atoms with Crippen molar-refractivity contribution in [2.24, 2.45) is 5.92 Å². The van der Waals surface area contributed by atoms with Gasteiger partial charge < -0.3 is 9.84 Å². The molecule has 4 atom stereocenters. The summed E-state index contributed by atoms with van der Waals surface area (Å²) in [5.74, 6) is 0.409. The van der Waals surface area contributed by atoms with Crippen LogP contribution in [0.4, 0.5) is 0 Å². The lowest BCUT2D eigenvalue weighted by atomic mass is 9.98. The van der Waals surface area contributed by atoms with E-state index in [0.29, 0.717) is 18.1 Å². The smallest absolute Gasteiger partial charge is 0.0895 e. The van der Waals surface area contributed by atoms with E-state index in [1.807, 2.05) is 0 Å². The van der Waals surface area contributed by atoms with Crippen LogP contribution in [-0.2, 0) is 4.74 Å². The second kappa shape index (κ2) is 4.45. The van der Waals surface area contributed by atoms with Crippen LogP contribution in [0.2, 0.25) is 0 Å². The SMILES string of the molecule is CCC/C=C\CC[C@@H]1[C@@H]2O[C@@H]2C[C@@H]1O. The topological polar surface area (TPSA) is 32.8 Å². The van der Waals surface area contributed by atoms with E-state index >= 15 is 0 Å². The van der Waals surface area contributed by atoms with Crippen LogP contribution in [0.3, 0.4) is 0 Å². The molecule has 0 aromatic heterocycles. The standard InChI is InChI=1S/C12H20O2/c1-2-3-4-5-6-7-9-10(13)8-11-12(9)14-11/h4-5,9-13H,2-3,6-8H2,1H3/b5-4-/t9-,10-,11+,12-/m0/s1. The maximum atomic E-state index is 9.69. The summed E-state index contributed by atoms with van der Waals surface area (Å²) in [6.07, 6.45) is 10.6. The highest BCUT2D eigenvalue weighted by molar-refractivity contribution is 5.03. The van der Waals surface area contributed by atoms with Gasteiger partial charge in [-0.15, -0.1) is 0 Å². The van der Waals surface area contributed by atoms with Crippen molar-refractivity contribution in [3.05, 3.63) is 12.2 Å². The van der Waals surface area contributed by atoms with E-state index in [4.69, 9.17) is 4.74 Å². The molecular formula is C12H20O2. The molecule has 2 fully saturated rings. The van der Waals surface area contributed by atoms with Crippen molar-refractivity contribution in [2.75, 3.05) is 0 Å². The van der Waals surface area contributed by atoms with Gasteiger partial charge in [-0.05, 0) is 19.3 Å². The number of hydrogen-bond acceptors (Lipinski definition) is 2. The molecule has 0 amide bonds. The van der Waals surface area contributed by atoms with Gasteiger partial charge in [-0.1, -0.05) is 25.5 Å². The van der Waals surface area contributed by atoms with E-state index in [1.165, 1.54) is 12.8 Å². The molecule has 1 N–H and O–H groups in total. The molecule has 2 nitrogen and oxygen atoms in total. The summed E-state index contributed by atoms with van der Waals surface area (Å²) in [6.45, 7) is 2.19. The van der Waals surface area contributed by atoms with Crippen molar-refractivity contribution in [3.63, 3.8) is 0 Å². The lowest BCUT2D eigenvalue weighted by Crippen LogP contribution is -2.19. The molecule has 2 heteroatoms. The summed E-state index contributed by atoms with van der Waals surface area (Å²) >= 11 is 0. The summed E-state index contributed by atoms with van der Waals surface area (Å²) in [7, 11) is 0. The first kappa shape index (κ1) is 10.2. The van der Waals surface area contributed by atoms with Gasteiger partial charge in [0.25, 0.3) is 0 Å². The third-order valence-electron chi connectivity index (χ3n) is 3.30. The second-order valence-corrected chi connectivity index (χ2v) is 4.44. The number of fused-ring (bicyclic) bond motifs is 1. The van der Waals surface area contributed by atoms with E-state index in [9.17, 15) is 5.11 Å². The molecule has 1 saturated heterocycles. The summed E-state index contributed by atoms with van der Waals surface area (Å²) in [5.41, 5.74) is 0. The van der Waals surface area contributed by atoms with Crippen molar-refractivity contribution in [1.82, 2.24) is 0 Å². The van der Waals surface area contributed by atoms with Crippen molar-refractivity contribution in [1.29, 1.82) is 0 Å². The van der Waals surface area contributed by atoms with Gasteiger partial charge in [-0.3, -0.25) is 0 Å². The quantitative estimate of drug-likeness (QED) is 0.540. The Hall–Kier alpha value is -0.340. The summed E-state index contributed by atoms with van der Waals surface area (Å²) in [5, 5.41) is 9.69. The van der Waals surface area contributed by atoms with Gasteiger partial charge in [-0.2, -0.15) is 0 Å². The largest absolute Gasteiger partial charge is 0.393 e. The van der Waals surface area contributed by atoms with Gasteiger partial charge in [0.2, 0.25) is 0 Å². The molecule has 2 rings (SSSR count). The molecule has 0 aromatic rings.